The first kappa shape index (κ1) is 18.6. The molecule has 1 aromatic carbocycles. The van der Waals surface area contributed by atoms with Crippen molar-refractivity contribution in [3.8, 4) is 0 Å². The number of fused-ring (bicyclic) bond motifs is 1. The largest absolute Gasteiger partial charge is 0.359 e. The van der Waals surface area contributed by atoms with Crippen molar-refractivity contribution in [2.75, 3.05) is 23.3 Å². The van der Waals surface area contributed by atoms with E-state index >= 15 is 0 Å². The number of anilines is 2. The average Bonchev–Trinajstić information content (AvgIpc) is 3.17. The molecular formula is C23H27N5S. The fourth-order valence-electron chi connectivity index (χ4n) is 4.54. The van der Waals surface area contributed by atoms with E-state index in [2.05, 4.69) is 50.5 Å². The molecule has 1 fully saturated rings. The normalized spacial score (nSPS) is 19.8. The highest BCUT2D eigenvalue weighted by Gasteiger charge is 2.27. The van der Waals surface area contributed by atoms with E-state index in [1.807, 2.05) is 30.5 Å². The monoisotopic (exact) mass is 405 g/mol. The minimum absolute atomic E-state index is 0.453. The predicted molar refractivity (Wildman–Crippen MR) is 119 cm³/mol. The van der Waals surface area contributed by atoms with E-state index in [4.69, 9.17) is 4.98 Å². The second-order valence-electron chi connectivity index (χ2n) is 8.05. The van der Waals surface area contributed by atoms with Crippen LogP contribution in [-0.4, -0.2) is 34.1 Å². The van der Waals surface area contributed by atoms with Crippen molar-refractivity contribution in [1.29, 1.82) is 0 Å². The molecule has 1 saturated heterocycles. The molecule has 1 aliphatic heterocycles. The SMILES string of the molecule is Cc1nccc(N2CCC(Nc3nc4c(s3)CCC[C@@H]4c3ccccc3)CC2)n1. The number of rotatable bonds is 4. The molecule has 3 heterocycles. The van der Waals surface area contributed by atoms with E-state index in [-0.39, 0.29) is 0 Å². The molecule has 5 rings (SSSR count). The van der Waals surface area contributed by atoms with E-state index in [1.165, 1.54) is 35.4 Å². The predicted octanol–water partition coefficient (Wildman–Crippen LogP) is 4.79. The Morgan fingerprint density at radius 1 is 1.03 bits per heavy atom. The molecule has 2 aromatic heterocycles. The van der Waals surface area contributed by atoms with Crippen molar-refractivity contribution in [1.82, 2.24) is 15.0 Å². The zero-order valence-electron chi connectivity index (χ0n) is 16.8. The van der Waals surface area contributed by atoms with Crippen LogP contribution < -0.4 is 10.2 Å². The Bertz CT molecular complexity index is 962. The molecule has 1 aliphatic carbocycles. The number of thiazole rings is 1. The summed E-state index contributed by atoms with van der Waals surface area (Å²) in [5, 5.41) is 4.85. The maximum absolute atomic E-state index is 5.06. The number of aryl methyl sites for hydroxylation is 2. The maximum Gasteiger partial charge on any atom is 0.183 e. The molecule has 5 nitrogen and oxygen atoms in total. The standard InChI is InChI=1S/C23H27N5S/c1-16-24-13-10-21(25-16)28-14-11-18(12-15-28)26-23-27-22-19(8-5-9-20(22)29-23)17-6-3-2-4-7-17/h2-4,6-7,10,13,18-19H,5,8-9,11-12,14-15H2,1H3,(H,26,27)/t19-/m1/s1. The third-order valence-electron chi connectivity index (χ3n) is 6.06. The smallest absolute Gasteiger partial charge is 0.183 e. The van der Waals surface area contributed by atoms with Crippen LogP contribution in [0.15, 0.2) is 42.6 Å². The van der Waals surface area contributed by atoms with E-state index in [0.717, 1.165) is 42.7 Å². The van der Waals surface area contributed by atoms with Crippen molar-refractivity contribution in [3.63, 3.8) is 0 Å². The number of nitrogens with one attached hydrogen (secondary N) is 1. The first-order valence-corrected chi connectivity index (χ1v) is 11.4. The summed E-state index contributed by atoms with van der Waals surface area (Å²) in [6.45, 7) is 3.99. The minimum atomic E-state index is 0.453. The summed E-state index contributed by atoms with van der Waals surface area (Å²) in [6.07, 6.45) is 7.70. The fourth-order valence-corrected chi connectivity index (χ4v) is 5.68. The Kier molecular flexibility index (Phi) is 5.19. The average molecular weight is 406 g/mol. The molecule has 3 aromatic rings. The van der Waals surface area contributed by atoms with Gasteiger partial charge in [0, 0.05) is 36.1 Å². The van der Waals surface area contributed by atoms with Gasteiger partial charge in [-0.25, -0.2) is 15.0 Å². The van der Waals surface area contributed by atoms with Gasteiger partial charge in [0.25, 0.3) is 0 Å². The highest BCUT2D eigenvalue weighted by molar-refractivity contribution is 7.15. The van der Waals surface area contributed by atoms with Gasteiger partial charge in [0.2, 0.25) is 0 Å². The van der Waals surface area contributed by atoms with Gasteiger partial charge in [0.05, 0.1) is 5.69 Å². The molecule has 6 heteroatoms. The third-order valence-corrected chi connectivity index (χ3v) is 7.13. The zero-order valence-corrected chi connectivity index (χ0v) is 17.7. The Morgan fingerprint density at radius 3 is 2.66 bits per heavy atom. The number of hydrogen-bond donors (Lipinski definition) is 1. The van der Waals surface area contributed by atoms with E-state index in [9.17, 15) is 0 Å². The number of hydrogen-bond acceptors (Lipinski definition) is 6. The van der Waals surface area contributed by atoms with E-state index in [0.29, 0.717) is 12.0 Å². The van der Waals surface area contributed by atoms with Gasteiger partial charge in [-0.15, -0.1) is 11.3 Å². The lowest BCUT2D eigenvalue weighted by atomic mass is 9.85. The fraction of sp³-hybridized carbons (Fsp3) is 0.435. The van der Waals surface area contributed by atoms with Gasteiger partial charge in [-0.1, -0.05) is 30.3 Å². The Hall–Kier alpha value is -2.47. The van der Waals surface area contributed by atoms with Gasteiger partial charge in [0.1, 0.15) is 11.6 Å². The molecule has 0 spiro atoms. The van der Waals surface area contributed by atoms with Gasteiger partial charge in [0.15, 0.2) is 5.13 Å². The lowest BCUT2D eigenvalue weighted by Gasteiger charge is -2.33. The van der Waals surface area contributed by atoms with Gasteiger partial charge >= 0.3 is 0 Å². The molecule has 0 saturated carbocycles. The topological polar surface area (TPSA) is 53.9 Å². The van der Waals surface area contributed by atoms with Crippen LogP contribution in [0.1, 0.15) is 53.6 Å². The molecule has 0 bridgehead atoms. The summed E-state index contributed by atoms with van der Waals surface area (Å²) < 4.78 is 0. The highest BCUT2D eigenvalue weighted by atomic mass is 32.1. The third kappa shape index (κ3) is 3.99. The Morgan fingerprint density at radius 2 is 1.86 bits per heavy atom. The van der Waals surface area contributed by atoms with Gasteiger partial charge in [-0.3, -0.25) is 0 Å². The number of aromatic nitrogens is 3. The summed E-state index contributed by atoms with van der Waals surface area (Å²) >= 11 is 1.87. The zero-order chi connectivity index (χ0) is 19.6. The maximum atomic E-state index is 5.06. The van der Waals surface area contributed by atoms with Crippen LogP contribution in [-0.2, 0) is 6.42 Å². The highest BCUT2D eigenvalue weighted by Crippen LogP contribution is 2.40. The molecule has 29 heavy (non-hydrogen) atoms. The minimum Gasteiger partial charge on any atom is -0.359 e. The summed E-state index contributed by atoms with van der Waals surface area (Å²) in [5.74, 6) is 2.34. The van der Waals surface area contributed by atoms with Crippen molar-refractivity contribution in [2.24, 2.45) is 0 Å². The molecule has 1 N–H and O–H groups in total. The summed E-state index contributed by atoms with van der Waals surface area (Å²) in [5.41, 5.74) is 2.71. The Labute approximate surface area is 176 Å². The second-order valence-corrected chi connectivity index (χ2v) is 9.13. The van der Waals surface area contributed by atoms with Gasteiger partial charge < -0.3 is 10.2 Å². The van der Waals surface area contributed by atoms with Gasteiger partial charge in [-0.05, 0) is 50.7 Å². The summed E-state index contributed by atoms with van der Waals surface area (Å²) in [6, 6.07) is 13.4. The summed E-state index contributed by atoms with van der Waals surface area (Å²) in [4.78, 5) is 17.7. The number of benzene rings is 1. The summed E-state index contributed by atoms with van der Waals surface area (Å²) in [7, 11) is 0. The lowest BCUT2D eigenvalue weighted by molar-refractivity contribution is 0.522. The van der Waals surface area contributed by atoms with Crippen LogP contribution >= 0.6 is 11.3 Å². The van der Waals surface area contributed by atoms with Crippen molar-refractivity contribution >= 4 is 22.3 Å². The first-order chi connectivity index (χ1) is 14.3. The quantitative estimate of drug-likeness (QED) is 0.676. The van der Waals surface area contributed by atoms with Crippen LogP contribution in [0.25, 0.3) is 0 Å². The molecule has 1 atom stereocenters. The van der Waals surface area contributed by atoms with E-state index in [1.54, 1.807) is 0 Å². The van der Waals surface area contributed by atoms with Crippen LogP contribution in [0.5, 0.6) is 0 Å². The number of nitrogens with zero attached hydrogens (tertiary/aromatic N) is 4. The Balaban J connectivity index is 1.25. The van der Waals surface area contributed by atoms with Crippen molar-refractivity contribution in [2.45, 2.75) is 51.0 Å². The molecule has 150 valence electrons. The van der Waals surface area contributed by atoms with Crippen LogP contribution in [0.2, 0.25) is 0 Å². The van der Waals surface area contributed by atoms with Crippen LogP contribution in [0, 0.1) is 6.92 Å². The van der Waals surface area contributed by atoms with Crippen LogP contribution in [0.3, 0.4) is 0 Å². The first-order valence-electron chi connectivity index (χ1n) is 10.6. The second kappa shape index (κ2) is 8.11. The number of piperidine rings is 1. The molecular weight excluding hydrogens is 378 g/mol. The molecule has 0 amide bonds. The molecule has 2 aliphatic rings. The van der Waals surface area contributed by atoms with Gasteiger partial charge in [-0.2, -0.15) is 0 Å². The van der Waals surface area contributed by atoms with Crippen molar-refractivity contribution in [3.05, 3.63) is 64.6 Å². The molecule has 0 unspecified atom stereocenters. The molecule has 0 radical (unpaired) electrons. The lowest BCUT2D eigenvalue weighted by Crippen LogP contribution is -2.39. The van der Waals surface area contributed by atoms with Crippen molar-refractivity contribution < 1.29 is 0 Å². The van der Waals surface area contributed by atoms with E-state index < -0.39 is 0 Å². The van der Waals surface area contributed by atoms with Crippen LogP contribution in [0.4, 0.5) is 10.9 Å².